The smallest absolute Gasteiger partial charge is 0.224 e. The van der Waals surface area contributed by atoms with Gasteiger partial charge < -0.3 is 10.5 Å². The molecule has 0 bridgehead atoms. The molecule has 0 saturated heterocycles. The Morgan fingerprint density at radius 1 is 1.37 bits per heavy atom. The summed E-state index contributed by atoms with van der Waals surface area (Å²) in [5.41, 5.74) is 7.59. The third kappa shape index (κ3) is 3.24. The van der Waals surface area contributed by atoms with Gasteiger partial charge in [0, 0.05) is 6.20 Å². The van der Waals surface area contributed by atoms with Crippen molar-refractivity contribution in [2.75, 3.05) is 0 Å². The van der Waals surface area contributed by atoms with Crippen LogP contribution in [0.2, 0.25) is 0 Å². The number of hydrogen-bond acceptors (Lipinski definition) is 3. The molecule has 3 nitrogen and oxygen atoms in total. The van der Waals surface area contributed by atoms with Gasteiger partial charge in [-0.15, -0.1) is 0 Å². The highest BCUT2D eigenvalue weighted by Gasteiger charge is 2.27. The average Bonchev–Trinajstić information content (AvgIpc) is 2.33. The SMILES string of the molecule is Cc1ccnc(OC2CCC(C)C(C)C2)c1C(N)=S. The van der Waals surface area contributed by atoms with Crippen LogP contribution in [-0.4, -0.2) is 16.1 Å². The summed E-state index contributed by atoms with van der Waals surface area (Å²) in [6.07, 6.45) is 5.35. The second-order valence-electron chi connectivity index (χ2n) is 5.68. The molecule has 1 heterocycles. The molecule has 4 heteroatoms. The molecule has 104 valence electrons. The molecule has 19 heavy (non-hydrogen) atoms. The Bertz CT molecular complexity index is 475. The number of nitrogens with zero attached hydrogens (tertiary/aromatic N) is 1. The highest BCUT2D eigenvalue weighted by molar-refractivity contribution is 7.80. The third-order valence-corrected chi connectivity index (χ3v) is 4.40. The van der Waals surface area contributed by atoms with Gasteiger partial charge in [-0.05, 0) is 49.7 Å². The van der Waals surface area contributed by atoms with Crippen LogP contribution in [0.4, 0.5) is 0 Å². The van der Waals surface area contributed by atoms with E-state index in [0.717, 1.165) is 29.9 Å². The monoisotopic (exact) mass is 278 g/mol. The molecule has 0 spiro atoms. The minimum Gasteiger partial charge on any atom is -0.474 e. The van der Waals surface area contributed by atoms with Crippen LogP contribution >= 0.6 is 12.2 Å². The minimum absolute atomic E-state index is 0.230. The quantitative estimate of drug-likeness (QED) is 0.862. The summed E-state index contributed by atoms with van der Waals surface area (Å²) in [7, 11) is 0. The zero-order valence-corrected chi connectivity index (χ0v) is 12.7. The molecular formula is C15H22N2OS. The molecule has 2 N–H and O–H groups in total. The first-order valence-electron chi connectivity index (χ1n) is 6.91. The molecule has 0 amide bonds. The van der Waals surface area contributed by atoms with Crippen molar-refractivity contribution in [2.45, 2.75) is 46.1 Å². The van der Waals surface area contributed by atoms with Crippen molar-refractivity contribution in [3.05, 3.63) is 23.4 Å². The number of aryl methyl sites for hydroxylation is 1. The van der Waals surface area contributed by atoms with Crippen LogP contribution in [-0.2, 0) is 0 Å². The average molecular weight is 278 g/mol. The largest absolute Gasteiger partial charge is 0.474 e. The Morgan fingerprint density at radius 2 is 2.11 bits per heavy atom. The molecule has 1 fully saturated rings. The summed E-state index contributed by atoms with van der Waals surface area (Å²) in [5.74, 6) is 2.07. The maximum absolute atomic E-state index is 6.07. The normalized spacial score (nSPS) is 27.0. The van der Waals surface area contributed by atoms with Gasteiger partial charge in [0.15, 0.2) is 0 Å². The fourth-order valence-electron chi connectivity index (χ4n) is 2.69. The van der Waals surface area contributed by atoms with Crippen molar-refractivity contribution in [3.8, 4) is 5.88 Å². The van der Waals surface area contributed by atoms with Crippen LogP contribution in [0.3, 0.4) is 0 Å². The highest BCUT2D eigenvalue weighted by Crippen LogP contribution is 2.32. The lowest BCUT2D eigenvalue weighted by molar-refractivity contribution is 0.0962. The number of hydrogen-bond donors (Lipinski definition) is 1. The molecule has 0 radical (unpaired) electrons. The number of rotatable bonds is 3. The van der Waals surface area contributed by atoms with Crippen LogP contribution in [0.5, 0.6) is 5.88 Å². The van der Waals surface area contributed by atoms with Crippen molar-refractivity contribution in [2.24, 2.45) is 17.6 Å². The molecule has 3 unspecified atom stereocenters. The van der Waals surface area contributed by atoms with Gasteiger partial charge in [-0.1, -0.05) is 26.1 Å². The molecular weight excluding hydrogens is 256 g/mol. The first kappa shape index (κ1) is 14.3. The fraction of sp³-hybridized carbons (Fsp3) is 0.600. The van der Waals surface area contributed by atoms with Crippen molar-refractivity contribution >= 4 is 17.2 Å². The number of aromatic nitrogens is 1. The van der Waals surface area contributed by atoms with E-state index in [0.29, 0.717) is 16.8 Å². The van der Waals surface area contributed by atoms with Gasteiger partial charge in [0.1, 0.15) is 11.1 Å². The van der Waals surface area contributed by atoms with Gasteiger partial charge in [-0.25, -0.2) is 4.98 Å². The van der Waals surface area contributed by atoms with Crippen molar-refractivity contribution in [3.63, 3.8) is 0 Å². The lowest BCUT2D eigenvalue weighted by Gasteiger charge is -2.32. The Labute approximate surface area is 120 Å². The van der Waals surface area contributed by atoms with Crippen molar-refractivity contribution < 1.29 is 4.74 Å². The van der Waals surface area contributed by atoms with E-state index in [1.807, 2.05) is 13.0 Å². The molecule has 1 saturated carbocycles. The van der Waals surface area contributed by atoms with E-state index >= 15 is 0 Å². The summed E-state index contributed by atoms with van der Waals surface area (Å²) in [6, 6.07) is 1.91. The van der Waals surface area contributed by atoms with Crippen LogP contribution in [0, 0.1) is 18.8 Å². The first-order valence-corrected chi connectivity index (χ1v) is 7.32. The molecule has 0 aliphatic heterocycles. The predicted octanol–water partition coefficient (Wildman–Crippen LogP) is 3.23. The van der Waals surface area contributed by atoms with Gasteiger partial charge in [-0.2, -0.15) is 0 Å². The van der Waals surface area contributed by atoms with Crippen LogP contribution < -0.4 is 10.5 Å². The zero-order chi connectivity index (χ0) is 14.0. The van der Waals surface area contributed by atoms with E-state index in [4.69, 9.17) is 22.7 Å². The Morgan fingerprint density at radius 3 is 2.74 bits per heavy atom. The van der Waals surface area contributed by atoms with E-state index in [1.165, 1.54) is 6.42 Å². The summed E-state index contributed by atoms with van der Waals surface area (Å²) in [6.45, 7) is 6.58. The second kappa shape index (κ2) is 5.87. The first-order chi connectivity index (χ1) is 8.99. The summed E-state index contributed by atoms with van der Waals surface area (Å²) in [5, 5.41) is 0. The van der Waals surface area contributed by atoms with Crippen molar-refractivity contribution in [1.29, 1.82) is 0 Å². The van der Waals surface area contributed by atoms with E-state index in [-0.39, 0.29) is 6.10 Å². The molecule has 1 aliphatic carbocycles. The van der Waals surface area contributed by atoms with Gasteiger partial charge in [0.25, 0.3) is 0 Å². The van der Waals surface area contributed by atoms with Gasteiger partial charge in [0.2, 0.25) is 5.88 Å². The predicted molar refractivity (Wildman–Crippen MR) is 81.5 cm³/mol. The van der Waals surface area contributed by atoms with Crippen LogP contribution in [0.1, 0.15) is 44.2 Å². The Hall–Kier alpha value is -1.16. The Balaban J connectivity index is 2.15. The summed E-state index contributed by atoms with van der Waals surface area (Å²) in [4.78, 5) is 4.67. The number of pyridine rings is 1. The van der Waals surface area contributed by atoms with E-state index < -0.39 is 0 Å². The molecule has 1 aromatic rings. The third-order valence-electron chi connectivity index (χ3n) is 4.20. The number of ether oxygens (including phenoxy) is 1. The van der Waals surface area contributed by atoms with E-state index in [2.05, 4.69) is 18.8 Å². The standard InChI is InChI=1S/C15H22N2OS/c1-9-4-5-12(8-11(9)3)18-15-13(14(16)19)10(2)6-7-17-15/h6-7,9,11-12H,4-5,8H2,1-3H3,(H2,16,19). The molecule has 1 aliphatic rings. The van der Waals surface area contributed by atoms with Gasteiger partial charge in [-0.3, -0.25) is 0 Å². The van der Waals surface area contributed by atoms with Crippen LogP contribution in [0.25, 0.3) is 0 Å². The molecule has 3 atom stereocenters. The maximum Gasteiger partial charge on any atom is 0.224 e. The van der Waals surface area contributed by atoms with Gasteiger partial charge in [0.05, 0.1) is 5.56 Å². The molecule has 0 aromatic carbocycles. The lowest BCUT2D eigenvalue weighted by Crippen LogP contribution is -2.30. The lowest BCUT2D eigenvalue weighted by atomic mass is 9.80. The molecule has 2 rings (SSSR count). The van der Waals surface area contributed by atoms with Gasteiger partial charge >= 0.3 is 0 Å². The second-order valence-corrected chi connectivity index (χ2v) is 6.12. The zero-order valence-electron chi connectivity index (χ0n) is 11.8. The number of nitrogens with two attached hydrogens (primary N) is 1. The van der Waals surface area contributed by atoms with Crippen LogP contribution in [0.15, 0.2) is 12.3 Å². The van der Waals surface area contributed by atoms with Crippen molar-refractivity contribution in [1.82, 2.24) is 4.98 Å². The van der Waals surface area contributed by atoms with E-state index in [9.17, 15) is 0 Å². The summed E-state index contributed by atoms with van der Waals surface area (Å²) < 4.78 is 6.07. The fourth-order valence-corrected chi connectivity index (χ4v) is 2.93. The topological polar surface area (TPSA) is 48.1 Å². The number of thiocarbonyl (C=S) groups is 1. The van der Waals surface area contributed by atoms with E-state index in [1.54, 1.807) is 6.20 Å². The molecule has 1 aromatic heterocycles. The summed E-state index contributed by atoms with van der Waals surface area (Å²) >= 11 is 5.10. The maximum atomic E-state index is 6.07. The highest BCUT2D eigenvalue weighted by atomic mass is 32.1. The Kier molecular flexibility index (Phi) is 4.40. The minimum atomic E-state index is 0.230.